The number of hydrogen-bond acceptors (Lipinski definition) is 4. The van der Waals surface area contributed by atoms with E-state index in [1.807, 2.05) is 18.2 Å². The van der Waals surface area contributed by atoms with Gasteiger partial charge >= 0.3 is 0 Å². The van der Waals surface area contributed by atoms with Gasteiger partial charge in [0.2, 0.25) is 11.8 Å². The molecule has 0 amide bonds. The Balaban J connectivity index is 1.88. The van der Waals surface area contributed by atoms with Gasteiger partial charge in [-0.25, -0.2) is 0 Å². The summed E-state index contributed by atoms with van der Waals surface area (Å²) in [7, 11) is 0. The van der Waals surface area contributed by atoms with Crippen molar-refractivity contribution in [3.05, 3.63) is 53.9 Å². The van der Waals surface area contributed by atoms with Gasteiger partial charge in [-0.2, -0.15) is 5.10 Å². The molecular weight excluding hydrogens is 276 g/mol. The molecule has 0 aliphatic rings. The summed E-state index contributed by atoms with van der Waals surface area (Å²) in [6, 6.07) is 14.3. The largest absolute Gasteiger partial charge is 0.421 e. The number of rotatable bonds is 2. The van der Waals surface area contributed by atoms with Crippen LogP contribution < -0.4 is 0 Å². The second kappa shape index (κ2) is 4.80. The quantitative estimate of drug-likeness (QED) is 0.608. The van der Waals surface area contributed by atoms with Gasteiger partial charge in [-0.15, -0.1) is 10.2 Å². The average Bonchev–Trinajstić information content (AvgIpc) is 3.14. The monoisotopic (exact) mass is 290 g/mol. The molecule has 0 aliphatic heterocycles. The Bertz CT molecular complexity index is 950. The number of nitrogens with zero attached hydrogens (tertiary/aromatic N) is 3. The third-order valence-electron chi connectivity index (χ3n) is 3.66. The number of fused-ring (bicyclic) bond motifs is 1. The molecule has 0 saturated carbocycles. The topological polar surface area (TPSA) is 67.6 Å². The number of aryl methyl sites for hydroxylation is 2. The summed E-state index contributed by atoms with van der Waals surface area (Å²) in [5, 5.41) is 16.5. The number of benzene rings is 2. The molecule has 0 aliphatic carbocycles. The van der Waals surface area contributed by atoms with Crippen LogP contribution in [-0.2, 0) is 0 Å². The molecule has 2 aromatic heterocycles. The second-order valence-corrected chi connectivity index (χ2v) is 5.32. The van der Waals surface area contributed by atoms with Gasteiger partial charge in [0.1, 0.15) is 0 Å². The fourth-order valence-corrected chi connectivity index (χ4v) is 2.49. The second-order valence-electron chi connectivity index (χ2n) is 5.32. The van der Waals surface area contributed by atoms with Crippen LogP contribution >= 0.6 is 0 Å². The van der Waals surface area contributed by atoms with Crippen molar-refractivity contribution in [3.8, 4) is 22.7 Å². The van der Waals surface area contributed by atoms with Crippen molar-refractivity contribution >= 4 is 10.9 Å². The molecular formula is C17H14N4O. The molecule has 0 unspecified atom stereocenters. The Labute approximate surface area is 127 Å². The Morgan fingerprint density at radius 2 is 1.68 bits per heavy atom. The summed E-state index contributed by atoms with van der Waals surface area (Å²) >= 11 is 0. The molecule has 22 heavy (non-hydrogen) atoms. The fourth-order valence-electron chi connectivity index (χ4n) is 2.49. The van der Waals surface area contributed by atoms with Crippen molar-refractivity contribution in [3.63, 3.8) is 0 Å². The first-order chi connectivity index (χ1) is 10.7. The highest BCUT2D eigenvalue weighted by Gasteiger charge is 2.12. The lowest BCUT2D eigenvalue weighted by atomic mass is 10.0. The lowest BCUT2D eigenvalue weighted by molar-refractivity contribution is 0.533. The zero-order valence-electron chi connectivity index (χ0n) is 12.3. The summed E-state index contributed by atoms with van der Waals surface area (Å²) < 4.78 is 5.50. The van der Waals surface area contributed by atoms with E-state index in [1.165, 1.54) is 5.56 Å². The van der Waals surface area contributed by atoms with Crippen LogP contribution in [-0.4, -0.2) is 20.4 Å². The molecule has 4 aromatic rings. The molecule has 0 radical (unpaired) electrons. The van der Waals surface area contributed by atoms with E-state index in [9.17, 15) is 0 Å². The standard InChI is InChI=1S/C17H14N4O/c1-10-3-5-12(6-4-10)16-14-9-13(7-8-15(14)19-20-16)17-21-18-11(2)22-17/h3-9H,1-2H3,(H,19,20). The van der Waals surface area contributed by atoms with Crippen molar-refractivity contribution in [1.82, 2.24) is 20.4 Å². The molecule has 0 spiro atoms. The third kappa shape index (κ3) is 2.07. The summed E-state index contributed by atoms with van der Waals surface area (Å²) in [6.07, 6.45) is 0. The Hall–Kier alpha value is -2.95. The van der Waals surface area contributed by atoms with Crippen LogP contribution in [0.4, 0.5) is 0 Å². The van der Waals surface area contributed by atoms with Gasteiger partial charge in [0.25, 0.3) is 0 Å². The maximum absolute atomic E-state index is 5.50. The van der Waals surface area contributed by atoms with Crippen LogP contribution in [0.25, 0.3) is 33.6 Å². The first kappa shape index (κ1) is 12.8. The van der Waals surface area contributed by atoms with Crippen LogP contribution in [0.1, 0.15) is 11.5 Å². The van der Waals surface area contributed by atoms with E-state index in [4.69, 9.17) is 4.42 Å². The Morgan fingerprint density at radius 1 is 0.909 bits per heavy atom. The number of H-pyrrole nitrogens is 1. The van der Waals surface area contributed by atoms with Crippen molar-refractivity contribution in [1.29, 1.82) is 0 Å². The first-order valence-electron chi connectivity index (χ1n) is 7.06. The van der Waals surface area contributed by atoms with Crippen LogP contribution in [0.15, 0.2) is 46.9 Å². The van der Waals surface area contributed by atoms with Crippen LogP contribution in [0.5, 0.6) is 0 Å². The van der Waals surface area contributed by atoms with E-state index in [2.05, 4.69) is 51.6 Å². The maximum atomic E-state index is 5.50. The number of hydrogen-bond donors (Lipinski definition) is 1. The third-order valence-corrected chi connectivity index (χ3v) is 3.66. The van der Waals surface area contributed by atoms with E-state index in [1.54, 1.807) is 6.92 Å². The van der Waals surface area contributed by atoms with Crippen LogP contribution in [0.2, 0.25) is 0 Å². The lowest BCUT2D eigenvalue weighted by Gasteiger charge is -2.00. The summed E-state index contributed by atoms with van der Waals surface area (Å²) in [5.74, 6) is 1.08. The highest BCUT2D eigenvalue weighted by atomic mass is 16.4. The van der Waals surface area contributed by atoms with Gasteiger partial charge in [0.05, 0.1) is 11.2 Å². The summed E-state index contributed by atoms with van der Waals surface area (Å²) in [6.45, 7) is 3.85. The SMILES string of the molecule is Cc1ccc(-c2n[nH]c3ccc(-c4nnc(C)o4)cc23)cc1. The minimum Gasteiger partial charge on any atom is -0.421 e. The number of aromatic amines is 1. The molecule has 0 saturated heterocycles. The molecule has 2 aromatic carbocycles. The Morgan fingerprint density at radius 3 is 2.41 bits per heavy atom. The van der Waals surface area contributed by atoms with Crippen molar-refractivity contribution in [2.24, 2.45) is 0 Å². The average molecular weight is 290 g/mol. The van der Waals surface area contributed by atoms with Crippen molar-refractivity contribution in [2.75, 3.05) is 0 Å². The van der Waals surface area contributed by atoms with E-state index in [0.29, 0.717) is 11.8 Å². The van der Waals surface area contributed by atoms with E-state index in [0.717, 1.165) is 27.7 Å². The predicted molar refractivity (Wildman–Crippen MR) is 84.3 cm³/mol. The molecule has 1 N–H and O–H groups in total. The van der Waals surface area contributed by atoms with Gasteiger partial charge in [-0.3, -0.25) is 5.10 Å². The normalized spacial score (nSPS) is 11.2. The minimum atomic E-state index is 0.524. The van der Waals surface area contributed by atoms with Gasteiger partial charge in [-0.05, 0) is 25.1 Å². The molecule has 0 atom stereocenters. The summed E-state index contributed by atoms with van der Waals surface area (Å²) in [5.41, 5.74) is 5.10. The highest BCUT2D eigenvalue weighted by Crippen LogP contribution is 2.30. The molecule has 0 bridgehead atoms. The predicted octanol–water partition coefficient (Wildman–Crippen LogP) is 3.90. The zero-order chi connectivity index (χ0) is 15.1. The molecule has 2 heterocycles. The number of nitrogens with one attached hydrogen (secondary N) is 1. The highest BCUT2D eigenvalue weighted by molar-refractivity contribution is 5.95. The molecule has 0 fully saturated rings. The fraction of sp³-hybridized carbons (Fsp3) is 0.118. The molecule has 108 valence electrons. The smallest absolute Gasteiger partial charge is 0.247 e. The zero-order valence-corrected chi connectivity index (χ0v) is 12.3. The van der Waals surface area contributed by atoms with E-state index >= 15 is 0 Å². The lowest BCUT2D eigenvalue weighted by Crippen LogP contribution is -1.81. The first-order valence-corrected chi connectivity index (χ1v) is 7.06. The molecule has 4 rings (SSSR count). The minimum absolute atomic E-state index is 0.524. The van der Waals surface area contributed by atoms with Gasteiger partial charge in [0, 0.05) is 23.4 Å². The van der Waals surface area contributed by atoms with Gasteiger partial charge < -0.3 is 4.42 Å². The van der Waals surface area contributed by atoms with Gasteiger partial charge in [0.15, 0.2) is 0 Å². The number of aromatic nitrogens is 4. The maximum Gasteiger partial charge on any atom is 0.247 e. The van der Waals surface area contributed by atoms with E-state index in [-0.39, 0.29) is 0 Å². The molecule has 5 nitrogen and oxygen atoms in total. The Kier molecular flexibility index (Phi) is 2.79. The van der Waals surface area contributed by atoms with E-state index < -0.39 is 0 Å². The van der Waals surface area contributed by atoms with Crippen molar-refractivity contribution in [2.45, 2.75) is 13.8 Å². The van der Waals surface area contributed by atoms with Crippen molar-refractivity contribution < 1.29 is 4.42 Å². The van der Waals surface area contributed by atoms with Crippen LogP contribution in [0, 0.1) is 13.8 Å². The van der Waals surface area contributed by atoms with Gasteiger partial charge in [-0.1, -0.05) is 29.8 Å². The summed E-state index contributed by atoms with van der Waals surface area (Å²) in [4.78, 5) is 0. The van der Waals surface area contributed by atoms with Crippen LogP contribution in [0.3, 0.4) is 0 Å². The molecule has 5 heteroatoms.